The Labute approximate surface area is 79.8 Å². The second-order valence-electron chi connectivity index (χ2n) is 3.11. The zero-order chi connectivity index (χ0) is 10.7. The highest BCUT2D eigenvalue weighted by atomic mass is 16.2. The summed E-state index contributed by atoms with van der Waals surface area (Å²) in [6, 6.07) is 0. The lowest BCUT2D eigenvalue weighted by Gasteiger charge is -1.91. The molecule has 0 rings (SSSR count). The Hall–Kier alpha value is -0.900. The van der Waals surface area contributed by atoms with Crippen LogP contribution in [-0.4, -0.2) is 12.2 Å². The molecule has 0 aromatic heterocycles. The van der Waals surface area contributed by atoms with Gasteiger partial charge < -0.3 is 4.79 Å². The summed E-state index contributed by atoms with van der Waals surface area (Å²) >= 11 is 0. The van der Waals surface area contributed by atoms with E-state index in [0.717, 1.165) is 12.7 Å². The highest BCUT2D eigenvalue weighted by Gasteiger charge is 1.90. The van der Waals surface area contributed by atoms with Crippen molar-refractivity contribution in [3.8, 4) is 0 Å². The van der Waals surface area contributed by atoms with Gasteiger partial charge in [-0.3, -0.25) is 10.2 Å². The third-order valence-electron chi connectivity index (χ3n) is 1.21. The van der Waals surface area contributed by atoms with Gasteiger partial charge in [0, 0.05) is 12.8 Å². The van der Waals surface area contributed by atoms with Crippen LogP contribution in [0.2, 0.25) is 0 Å². The van der Waals surface area contributed by atoms with E-state index in [9.17, 15) is 9.59 Å². The molecule has 0 aromatic carbocycles. The summed E-state index contributed by atoms with van der Waals surface area (Å²) in [6.07, 6.45) is 3.02. The van der Waals surface area contributed by atoms with E-state index >= 15 is 0 Å². The van der Waals surface area contributed by atoms with E-state index in [1.165, 1.54) is 0 Å². The fourth-order valence-electron chi connectivity index (χ4n) is 0.492. The number of carbonyl (C=O) groups excluding carboxylic acids is 2. The van der Waals surface area contributed by atoms with Crippen molar-refractivity contribution in [2.24, 2.45) is 11.8 Å². The predicted octanol–water partition coefficient (Wildman–Crippen LogP) is 1.01. The SMILES string of the molecule is CC(C)CC=O.CCCC(=O)NN. The Kier molecular flexibility index (Phi) is 12.5. The first-order valence-corrected chi connectivity index (χ1v) is 4.51. The van der Waals surface area contributed by atoms with Gasteiger partial charge in [0.05, 0.1) is 0 Å². The molecule has 1 amide bonds. The number of hydrogen-bond acceptors (Lipinski definition) is 3. The summed E-state index contributed by atoms with van der Waals surface area (Å²) < 4.78 is 0. The molecule has 4 heteroatoms. The van der Waals surface area contributed by atoms with Crippen molar-refractivity contribution < 1.29 is 9.59 Å². The second-order valence-corrected chi connectivity index (χ2v) is 3.11. The number of hydrogen-bond donors (Lipinski definition) is 2. The van der Waals surface area contributed by atoms with Crippen LogP contribution in [0.1, 0.15) is 40.0 Å². The molecular weight excluding hydrogens is 168 g/mol. The molecule has 0 bridgehead atoms. The summed E-state index contributed by atoms with van der Waals surface area (Å²) in [6.45, 7) is 5.97. The molecule has 3 N–H and O–H groups in total. The van der Waals surface area contributed by atoms with Gasteiger partial charge in [-0.25, -0.2) is 5.84 Å². The van der Waals surface area contributed by atoms with Gasteiger partial charge in [0.15, 0.2) is 0 Å². The first-order valence-electron chi connectivity index (χ1n) is 4.51. The van der Waals surface area contributed by atoms with E-state index in [1.54, 1.807) is 0 Å². The van der Waals surface area contributed by atoms with Crippen molar-refractivity contribution in [3.05, 3.63) is 0 Å². The average molecular weight is 188 g/mol. The Bertz CT molecular complexity index is 136. The lowest BCUT2D eigenvalue weighted by molar-refractivity contribution is -0.121. The standard InChI is InChI=1S/C5H10O.C4H10N2O/c1-5(2)3-4-6;1-2-3-4(7)6-5/h4-5H,3H2,1-2H3;2-3,5H2,1H3,(H,6,7). The summed E-state index contributed by atoms with van der Waals surface area (Å²) in [5, 5.41) is 0. The molecule has 0 aromatic rings. The molecule has 0 aliphatic rings. The smallest absolute Gasteiger partial charge is 0.233 e. The van der Waals surface area contributed by atoms with E-state index in [4.69, 9.17) is 5.84 Å². The lowest BCUT2D eigenvalue weighted by Crippen LogP contribution is -2.29. The van der Waals surface area contributed by atoms with Crippen molar-refractivity contribution in [1.29, 1.82) is 0 Å². The van der Waals surface area contributed by atoms with Crippen LogP contribution in [0.5, 0.6) is 0 Å². The summed E-state index contributed by atoms with van der Waals surface area (Å²) in [5.74, 6) is 5.19. The molecule has 0 radical (unpaired) electrons. The Balaban J connectivity index is 0. The molecule has 78 valence electrons. The van der Waals surface area contributed by atoms with E-state index in [1.807, 2.05) is 26.2 Å². The molecule has 0 unspecified atom stereocenters. The van der Waals surface area contributed by atoms with E-state index in [-0.39, 0.29) is 5.91 Å². The lowest BCUT2D eigenvalue weighted by atomic mass is 10.2. The first kappa shape index (κ1) is 14.6. The molecule has 0 saturated carbocycles. The first-order chi connectivity index (χ1) is 6.08. The molecule has 0 aliphatic heterocycles. The van der Waals surface area contributed by atoms with E-state index in [0.29, 0.717) is 18.8 Å². The minimum atomic E-state index is -0.0949. The van der Waals surface area contributed by atoms with Crippen molar-refractivity contribution in [1.82, 2.24) is 5.43 Å². The van der Waals surface area contributed by atoms with Crippen LogP contribution in [0.4, 0.5) is 0 Å². The highest BCUT2D eigenvalue weighted by Crippen LogP contribution is 1.92. The Morgan fingerprint density at radius 2 is 2.08 bits per heavy atom. The quantitative estimate of drug-likeness (QED) is 0.299. The van der Waals surface area contributed by atoms with Crippen LogP contribution in [-0.2, 0) is 9.59 Å². The van der Waals surface area contributed by atoms with Crippen LogP contribution in [0.3, 0.4) is 0 Å². The molecular formula is C9H20N2O2. The molecule has 0 spiro atoms. The van der Waals surface area contributed by atoms with Gasteiger partial charge in [0.1, 0.15) is 6.29 Å². The number of hydrazine groups is 1. The zero-order valence-corrected chi connectivity index (χ0v) is 8.67. The maximum Gasteiger partial charge on any atom is 0.233 e. The number of nitrogens with two attached hydrogens (primary N) is 1. The van der Waals surface area contributed by atoms with Gasteiger partial charge in [0.2, 0.25) is 5.91 Å². The molecule has 0 fully saturated rings. The highest BCUT2D eigenvalue weighted by molar-refractivity contribution is 5.74. The average Bonchev–Trinajstić information content (AvgIpc) is 2.05. The number of carbonyl (C=O) groups is 2. The minimum absolute atomic E-state index is 0.0949. The zero-order valence-electron chi connectivity index (χ0n) is 8.67. The third-order valence-corrected chi connectivity index (χ3v) is 1.21. The fraction of sp³-hybridized carbons (Fsp3) is 0.778. The maximum atomic E-state index is 10.2. The van der Waals surface area contributed by atoms with Crippen LogP contribution in [0.25, 0.3) is 0 Å². The minimum Gasteiger partial charge on any atom is -0.303 e. The predicted molar refractivity (Wildman–Crippen MR) is 52.8 cm³/mol. The molecule has 0 saturated heterocycles. The van der Waals surface area contributed by atoms with Crippen molar-refractivity contribution in [2.75, 3.05) is 0 Å². The number of rotatable bonds is 4. The monoisotopic (exact) mass is 188 g/mol. The largest absolute Gasteiger partial charge is 0.303 e. The van der Waals surface area contributed by atoms with Crippen LogP contribution in [0.15, 0.2) is 0 Å². The van der Waals surface area contributed by atoms with Crippen molar-refractivity contribution in [3.63, 3.8) is 0 Å². The third kappa shape index (κ3) is 18.2. The van der Waals surface area contributed by atoms with E-state index in [2.05, 4.69) is 0 Å². The molecule has 4 nitrogen and oxygen atoms in total. The summed E-state index contributed by atoms with van der Waals surface area (Å²) in [4.78, 5) is 19.8. The van der Waals surface area contributed by atoms with Crippen LogP contribution < -0.4 is 11.3 Å². The Morgan fingerprint density at radius 1 is 1.54 bits per heavy atom. The Morgan fingerprint density at radius 3 is 2.15 bits per heavy atom. The topological polar surface area (TPSA) is 72.2 Å². The van der Waals surface area contributed by atoms with Gasteiger partial charge in [-0.15, -0.1) is 0 Å². The second kappa shape index (κ2) is 11.1. The molecule has 0 atom stereocenters. The van der Waals surface area contributed by atoms with Gasteiger partial charge in [-0.2, -0.15) is 0 Å². The van der Waals surface area contributed by atoms with Gasteiger partial charge in [0.25, 0.3) is 0 Å². The van der Waals surface area contributed by atoms with Crippen LogP contribution in [0, 0.1) is 5.92 Å². The molecule has 0 aliphatic carbocycles. The number of amides is 1. The normalized spacial score (nSPS) is 8.69. The van der Waals surface area contributed by atoms with Gasteiger partial charge >= 0.3 is 0 Å². The van der Waals surface area contributed by atoms with Crippen molar-refractivity contribution >= 4 is 12.2 Å². The van der Waals surface area contributed by atoms with Crippen molar-refractivity contribution in [2.45, 2.75) is 40.0 Å². The number of nitrogens with one attached hydrogen (secondary N) is 1. The maximum absolute atomic E-state index is 10.2. The molecule has 13 heavy (non-hydrogen) atoms. The van der Waals surface area contributed by atoms with Gasteiger partial charge in [-0.05, 0) is 12.3 Å². The molecule has 0 heterocycles. The van der Waals surface area contributed by atoms with Gasteiger partial charge in [-0.1, -0.05) is 20.8 Å². The van der Waals surface area contributed by atoms with E-state index < -0.39 is 0 Å². The number of aldehydes is 1. The van der Waals surface area contributed by atoms with Crippen LogP contribution >= 0.6 is 0 Å². The summed E-state index contributed by atoms with van der Waals surface area (Å²) in [5.41, 5.74) is 2.03. The summed E-state index contributed by atoms with van der Waals surface area (Å²) in [7, 11) is 0. The fourth-order valence-corrected chi connectivity index (χ4v) is 0.492.